The number of nitrogens with zero attached hydrogens (tertiary/aromatic N) is 2. The van der Waals surface area contributed by atoms with Crippen molar-refractivity contribution in [3.05, 3.63) is 0 Å². The van der Waals surface area contributed by atoms with Crippen LogP contribution in [0.5, 0.6) is 0 Å². The van der Waals surface area contributed by atoms with Crippen LogP contribution in [0.15, 0.2) is 0 Å². The molecule has 1 aliphatic rings. The van der Waals surface area contributed by atoms with E-state index in [0.717, 1.165) is 13.0 Å². The Bertz CT molecular complexity index is 317. The minimum absolute atomic E-state index is 0.00840. The van der Waals surface area contributed by atoms with Crippen molar-refractivity contribution in [2.24, 2.45) is 11.5 Å². The third-order valence-corrected chi connectivity index (χ3v) is 3.48. The number of hydrogen-bond acceptors (Lipinski definition) is 4. The Hall–Kier alpha value is -1.14. The molecule has 0 aliphatic carbocycles. The fourth-order valence-electron chi connectivity index (χ4n) is 2.06. The number of nitrogens with two attached hydrogens (primary N) is 2. The highest BCUT2D eigenvalue weighted by Crippen LogP contribution is 2.12. The van der Waals surface area contributed by atoms with Crippen LogP contribution in [-0.4, -0.2) is 59.9 Å². The summed E-state index contributed by atoms with van der Waals surface area (Å²) in [5.74, 6) is -0.335. The first-order valence-corrected chi connectivity index (χ1v) is 6.45. The number of carbonyl (C=O) groups is 2. The summed E-state index contributed by atoms with van der Waals surface area (Å²) in [4.78, 5) is 26.9. The van der Waals surface area contributed by atoms with E-state index in [1.165, 1.54) is 0 Å². The van der Waals surface area contributed by atoms with Crippen LogP contribution in [0, 0.1) is 0 Å². The lowest BCUT2D eigenvalue weighted by molar-refractivity contribution is -0.136. The summed E-state index contributed by atoms with van der Waals surface area (Å²) in [5, 5.41) is 0. The highest BCUT2D eigenvalue weighted by atomic mass is 16.2. The summed E-state index contributed by atoms with van der Waals surface area (Å²) in [6.07, 6.45) is 1.46. The first-order chi connectivity index (χ1) is 8.36. The van der Waals surface area contributed by atoms with Gasteiger partial charge in [0.15, 0.2) is 0 Å². The summed E-state index contributed by atoms with van der Waals surface area (Å²) in [6.45, 7) is 6.71. The standard InChI is InChI=1S/C12H24N4O2/c1-3-12(2,14)11(18)16-6-4-5-15(7-8-16)9-10(13)17/h3-9,14H2,1-2H3,(H2,13,17). The van der Waals surface area contributed by atoms with Gasteiger partial charge in [-0.15, -0.1) is 0 Å². The molecule has 0 saturated carbocycles. The molecule has 4 N–H and O–H groups in total. The summed E-state index contributed by atoms with van der Waals surface area (Å²) >= 11 is 0. The van der Waals surface area contributed by atoms with Crippen LogP contribution < -0.4 is 11.5 Å². The van der Waals surface area contributed by atoms with E-state index >= 15 is 0 Å². The smallest absolute Gasteiger partial charge is 0.242 e. The zero-order valence-electron chi connectivity index (χ0n) is 11.3. The second kappa shape index (κ2) is 6.15. The largest absolute Gasteiger partial charge is 0.369 e. The van der Waals surface area contributed by atoms with Gasteiger partial charge >= 0.3 is 0 Å². The fraction of sp³-hybridized carbons (Fsp3) is 0.833. The molecule has 1 rings (SSSR count). The van der Waals surface area contributed by atoms with E-state index in [9.17, 15) is 9.59 Å². The Labute approximate surface area is 108 Å². The molecule has 1 aliphatic heterocycles. The number of rotatable bonds is 4. The van der Waals surface area contributed by atoms with E-state index in [-0.39, 0.29) is 18.4 Å². The Balaban J connectivity index is 2.56. The molecule has 1 fully saturated rings. The molecular weight excluding hydrogens is 232 g/mol. The van der Waals surface area contributed by atoms with E-state index in [0.29, 0.717) is 26.1 Å². The Morgan fingerprint density at radius 2 is 1.89 bits per heavy atom. The van der Waals surface area contributed by atoms with Crippen molar-refractivity contribution in [2.45, 2.75) is 32.2 Å². The van der Waals surface area contributed by atoms with Crippen molar-refractivity contribution >= 4 is 11.8 Å². The van der Waals surface area contributed by atoms with Gasteiger partial charge in [0.25, 0.3) is 0 Å². The van der Waals surface area contributed by atoms with Crippen LogP contribution in [0.2, 0.25) is 0 Å². The lowest BCUT2D eigenvalue weighted by Gasteiger charge is -2.30. The van der Waals surface area contributed by atoms with Crippen molar-refractivity contribution in [1.29, 1.82) is 0 Å². The third kappa shape index (κ3) is 3.96. The average Bonchev–Trinajstić information content (AvgIpc) is 2.53. The lowest BCUT2D eigenvalue weighted by atomic mass is 9.98. The van der Waals surface area contributed by atoms with Gasteiger partial charge in [-0.3, -0.25) is 14.5 Å². The van der Waals surface area contributed by atoms with Crippen molar-refractivity contribution in [3.63, 3.8) is 0 Å². The van der Waals surface area contributed by atoms with Gasteiger partial charge in [0.05, 0.1) is 12.1 Å². The normalized spacial score (nSPS) is 21.2. The first-order valence-electron chi connectivity index (χ1n) is 6.45. The van der Waals surface area contributed by atoms with Gasteiger partial charge < -0.3 is 16.4 Å². The lowest BCUT2D eigenvalue weighted by Crippen LogP contribution is -2.53. The van der Waals surface area contributed by atoms with Gasteiger partial charge in [-0.25, -0.2) is 0 Å². The maximum atomic E-state index is 12.2. The molecule has 1 unspecified atom stereocenters. The molecule has 0 bridgehead atoms. The minimum Gasteiger partial charge on any atom is -0.369 e. The van der Waals surface area contributed by atoms with Crippen LogP contribution in [0.1, 0.15) is 26.7 Å². The molecule has 0 aromatic heterocycles. The number of primary amides is 1. The predicted molar refractivity (Wildman–Crippen MR) is 69.7 cm³/mol. The maximum absolute atomic E-state index is 12.2. The van der Waals surface area contributed by atoms with Crippen molar-refractivity contribution in [1.82, 2.24) is 9.80 Å². The van der Waals surface area contributed by atoms with Gasteiger partial charge in [0.1, 0.15) is 0 Å². The topological polar surface area (TPSA) is 92.7 Å². The van der Waals surface area contributed by atoms with Gasteiger partial charge in [0, 0.05) is 26.2 Å². The molecule has 0 aromatic rings. The second-order valence-electron chi connectivity index (χ2n) is 5.16. The second-order valence-corrected chi connectivity index (χ2v) is 5.16. The van der Waals surface area contributed by atoms with Crippen LogP contribution in [0.4, 0.5) is 0 Å². The highest BCUT2D eigenvalue weighted by Gasteiger charge is 2.31. The monoisotopic (exact) mass is 256 g/mol. The van der Waals surface area contributed by atoms with Gasteiger partial charge in [0.2, 0.25) is 11.8 Å². The maximum Gasteiger partial charge on any atom is 0.242 e. The molecule has 0 spiro atoms. The molecular formula is C12H24N4O2. The Morgan fingerprint density at radius 3 is 2.44 bits per heavy atom. The molecule has 104 valence electrons. The van der Waals surface area contributed by atoms with E-state index in [4.69, 9.17) is 11.5 Å². The van der Waals surface area contributed by atoms with Gasteiger partial charge in [-0.2, -0.15) is 0 Å². The van der Waals surface area contributed by atoms with Gasteiger partial charge in [-0.1, -0.05) is 6.92 Å². The molecule has 6 heteroatoms. The summed E-state index contributed by atoms with van der Waals surface area (Å²) in [6, 6.07) is 0. The third-order valence-electron chi connectivity index (χ3n) is 3.48. The number of hydrogen-bond donors (Lipinski definition) is 2. The Morgan fingerprint density at radius 1 is 1.22 bits per heavy atom. The van der Waals surface area contributed by atoms with E-state index in [2.05, 4.69) is 0 Å². The molecule has 1 saturated heterocycles. The van der Waals surface area contributed by atoms with Crippen LogP contribution >= 0.6 is 0 Å². The van der Waals surface area contributed by atoms with Crippen LogP contribution in [0.3, 0.4) is 0 Å². The molecule has 2 amide bonds. The number of amides is 2. The summed E-state index contributed by atoms with van der Waals surface area (Å²) < 4.78 is 0. The highest BCUT2D eigenvalue weighted by molar-refractivity contribution is 5.85. The van der Waals surface area contributed by atoms with Crippen molar-refractivity contribution < 1.29 is 9.59 Å². The van der Waals surface area contributed by atoms with Crippen molar-refractivity contribution in [3.8, 4) is 0 Å². The molecule has 1 atom stereocenters. The molecule has 18 heavy (non-hydrogen) atoms. The summed E-state index contributed by atoms with van der Waals surface area (Å²) in [7, 11) is 0. The van der Waals surface area contributed by atoms with Crippen LogP contribution in [0.25, 0.3) is 0 Å². The zero-order valence-corrected chi connectivity index (χ0v) is 11.3. The quantitative estimate of drug-likeness (QED) is 0.684. The predicted octanol–water partition coefficient (Wildman–Crippen LogP) is -0.867. The van der Waals surface area contributed by atoms with Crippen molar-refractivity contribution in [2.75, 3.05) is 32.7 Å². The van der Waals surface area contributed by atoms with E-state index in [1.54, 1.807) is 11.8 Å². The molecule has 0 radical (unpaired) electrons. The molecule has 1 heterocycles. The van der Waals surface area contributed by atoms with Gasteiger partial charge in [-0.05, 0) is 19.8 Å². The SMILES string of the molecule is CCC(C)(N)C(=O)N1CCCN(CC(N)=O)CC1. The molecule has 0 aromatic carbocycles. The molecule has 6 nitrogen and oxygen atoms in total. The Kier molecular flexibility index (Phi) is 5.10. The first kappa shape index (κ1) is 14.9. The fourth-order valence-corrected chi connectivity index (χ4v) is 2.06. The van der Waals surface area contributed by atoms with E-state index < -0.39 is 5.54 Å². The number of carbonyl (C=O) groups excluding carboxylic acids is 2. The minimum atomic E-state index is -0.793. The average molecular weight is 256 g/mol. The summed E-state index contributed by atoms with van der Waals surface area (Å²) in [5.41, 5.74) is 10.4. The zero-order chi connectivity index (χ0) is 13.8. The van der Waals surface area contributed by atoms with Crippen LogP contribution in [-0.2, 0) is 9.59 Å². The van der Waals surface area contributed by atoms with E-state index in [1.807, 2.05) is 11.8 Å².